The maximum Gasteiger partial charge on any atom is 0.220 e. The fraction of sp³-hybridized carbons (Fsp3) is 0.571. The molecule has 0 saturated carbocycles. The average molecular weight is 263 g/mol. The summed E-state index contributed by atoms with van der Waals surface area (Å²) in [5.74, 6) is 0.407. The van der Waals surface area contributed by atoms with Crippen molar-refractivity contribution in [3.8, 4) is 0 Å². The minimum Gasteiger partial charge on any atom is -0.379 e. The number of ether oxygens (including phenoxy) is 1. The summed E-state index contributed by atoms with van der Waals surface area (Å²) in [4.78, 5) is 15.7. The van der Waals surface area contributed by atoms with Gasteiger partial charge in [0, 0.05) is 24.7 Å². The van der Waals surface area contributed by atoms with Crippen molar-refractivity contribution in [3.63, 3.8) is 0 Å². The molecule has 1 saturated heterocycles. The van der Waals surface area contributed by atoms with E-state index in [1.165, 1.54) is 5.56 Å². The van der Waals surface area contributed by atoms with Gasteiger partial charge in [0.25, 0.3) is 0 Å². The highest BCUT2D eigenvalue weighted by Crippen LogP contribution is 2.19. The number of rotatable bonds is 6. The van der Waals surface area contributed by atoms with Crippen LogP contribution in [0.1, 0.15) is 18.4 Å². The van der Waals surface area contributed by atoms with Crippen LogP contribution in [0, 0.1) is 5.92 Å². The molecule has 1 aliphatic rings. The number of hydrogen-bond donors (Lipinski definition) is 2. The fourth-order valence-electron chi connectivity index (χ4n) is 2.32. The first-order chi connectivity index (χ1) is 9.29. The van der Waals surface area contributed by atoms with Crippen molar-refractivity contribution in [2.45, 2.75) is 25.3 Å². The lowest BCUT2D eigenvalue weighted by Crippen LogP contribution is -2.40. The number of pyridine rings is 1. The summed E-state index contributed by atoms with van der Waals surface area (Å²) in [6, 6.07) is 4.12. The summed E-state index contributed by atoms with van der Waals surface area (Å²) in [5.41, 5.74) is 6.63. The van der Waals surface area contributed by atoms with Crippen LogP contribution in [0.4, 0.5) is 0 Å². The Morgan fingerprint density at radius 3 is 2.95 bits per heavy atom. The minimum absolute atomic E-state index is 0.0701. The molecule has 5 nitrogen and oxygen atoms in total. The number of carbonyl (C=O) groups is 1. The summed E-state index contributed by atoms with van der Waals surface area (Å²) in [5, 5.41) is 3.05. The average Bonchev–Trinajstić information content (AvgIpc) is 2.85. The van der Waals surface area contributed by atoms with Crippen LogP contribution in [0.5, 0.6) is 0 Å². The lowest BCUT2D eigenvalue weighted by molar-refractivity contribution is -0.122. The summed E-state index contributed by atoms with van der Waals surface area (Å²) in [6.45, 7) is 1.85. The Morgan fingerprint density at radius 2 is 2.21 bits per heavy atom. The van der Waals surface area contributed by atoms with Crippen LogP contribution < -0.4 is 11.1 Å². The van der Waals surface area contributed by atoms with E-state index >= 15 is 0 Å². The van der Waals surface area contributed by atoms with Crippen molar-refractivity contribution < 1.29 is 9.53 Å². The molecular weight excluding hydrogens is 242 g/mol. The Morgan fingerprint density at radius 1 is 1.42 bits per heavy atom. The summed E-state index contributed by atoms with van der Waals surface area (Å²) >= 11 is 0. The zero-order chi connectivity index (χ0) is 13.5. The van der Waals surface area contributed by atoms with Gasteiger partial charge in [-0.1, -0.05) is 0 Å². The molecule has 104 valence electrons. The predicted octanol–water partition coefficient (Wildman–Crippen LogP) is 0.494. The molecule has 2 heterocycles. The van der Waals surface area contributed by atoms with E-state index in [1.54, 1.807) is 12.4 Å². The monoisotopic (exact) mass is 263 g/mol. The van der Waals surface area contributed by atoms with Gasteiger partial charge in [-0.05, 0) is 37.1 Å². The third-order valence-electron chi connectivity index (χ3n) is 3.40. The highest BCUT2D eigenvalue weighted by Gasteiger charge is 2.29. The van der Waals surface area contributed by atoms with Gasteiger partial charge in [0.2, 0.25) is 5.91 Å². The SMILES string of the molecule is NCCCC(=O)N[C@@H]1COC[C@H]1Cc1ccncc1. The van der Waals surface area contributed by atoms with Crippen LogP contribution in [0.15, 0.2) is 24.5 Å². The standard InChI is InChI=1S/C14H21N3O2/c15-5-1-2-14(18)17-13-10-19-9-12(13)8-11-3-6-16-7-4-11/h3-4,6-7,12-13H,1-2,5,8-10,15H2,(H,17,18)/t12-,13-/m1/s1. The van der Waals surface area contributed by atoms with E-state index < -0.39 is 0 Å². The lowest BCUT2D eigenvalue weighted by Gasteiger charge is -2.19. The number of carbonyl (C=O) groups excluding carboxylic acids is 1. The minimum atomic E-state index is 0.0701. The van der Waals surface area contributed by atoms with E-state index in [4.69, 9.17) is 10.5 Å². The molecule has 1 aliphatic heterocycles. The number of amides is 1. The molecule has 1 fully saturated rings. The van der Waals surface area contributed by atoms with Gasteiger partial charge in [-0.25, -0.2) is 0 Å². The molecule has 0 bridgehead atoms. The maximum atomic E-state index is 11.7. The smallest absolute Gasteiger partial charge is 0.220 e. The zero-order valence-electron chi connectivity index (χ0n) is 11.0. The fourth-order valence-corrected chi connectivity index (χ4v) is 2.32. The molecular formula is C14H21N3O2. The normalized spacial score (nSPS) is 22.4. The third-order valence-corrected chi connectivity index (χ3v) is 3.40. The Hall–Kier alpha value is -1.46. The topological polar surface area (TPSA) is 77.2 Å². The summed E-state index contributed by atoms with van der Waals surface area (Å²) in [6.07, 6.45) is 5.72. The van der Waals surface area contributed by atoms with Gasteiger partial charge >= 0.3 is 0 Å². The second-order valence-corrected chi connectivity index (χ2v) is 4.92. The van der Waals surface area contributed by atoms with Gasteiger partial charge in [0.1, 0.15) is 0 Å². The molecule has 0 spiro atoms. The van der Waals surface area contributed by atoms with Gasteiger partial charge < -0.3 is 15.8 Å². The Bertz CT molecular complexity index is 397. The van der Waals surface area contributed by atoms with Crippen molar-refractivity contribution in [2.24, 2.45) is 11.7 Å². The quantitative estimate of drug-likeness (QED) is 0.783. The van der Waals surface area contributed by atoms with Gasteiger partial charge in [0.05, 0.1) is 19.3 Å². The highest BCUT2D eigenvalue weighted by molar-refractivity contribution is 5.76. The van der Waals surface area contributed by atoms with Crippen molar-refractivity contribution in [3.05, 3.63) is 30.1 Å². The number of nitrogens with one attached hydrogen (secondary N) is 1. The van der Waals surface area contributed by atoms with Crippen molar-refractivity contribution >= 4 is 5.91 Å². The van der Waals surface area contributed by atoms with E-state index in [1.807, 2.05) is 12.1 Å². The van der Waals surface area contributed by atoms with Crippen LogP contribution in [-0.4, -0.2) is 36.7 Å². The van der Waals surface area contributed by atoms with Crippen LogP contribution in [0.3, 0.4) is 0 Å². The molecule has 1 aromatic rings. The van der Waals surface area contributed by atoms with Gasteiger partial charge in [-0.2, -0.15) is 0 Å². The molecule has 0 unspecified atom stereocenters. The molecule has 2 atom stereocenters. The molecule has 1 amide bonds. The van der Waals surface area contributed by atoms with Crippen molar-refractivity contribution in [2.75, 3.05) is 19.8 Å². The van der Waals surface area contributed by atoms with Crippen molar-refractivity contribution in [1.29, 1.82) is 0 Å². The molecule has 3 N–H and O–H groups in total. The van der Waals surface area contributed by atoms with Gasteiger partial charge in [-0.3, -0.25) is 9.78 Å². The van der Waals surface area contributed by atoms with Gasteiger partial charge in [-0.15, -0.1) is 0 Å². The largest absolute Gasteiger partial charge is 0.379 e. The number of aromatic nitrogens is 1. The zero-order valence-corrected chi connectivity index (χ0v) is 11.0. The second kappa shape index (κ2) is 7.21. The molecule has 0 aliphatic carbocycles. The van der Waals surface area contributed by atoms with Crippen LogP contribution >= 0.6 is 0 Å². The lowest BCUT2D eigenvalue weighted by atomic mass is 9.95. The van der Waals surface area contributed by atoms with Crippen molar-refractivity contribution in [1.82, 2.24) is 10.3 Å². The summed E-state index contributed by atoms with van der Waals surface area (Å²) < 4.78 is 5.49. The first-order valence-electron chi connectivity index (χ1n) is 6.75. The first-order valence-corrected chi connectivity index (χ1v) is 6.75. The Balaban J connectivity index is 1.85. The molecule has 19 heavy (non-hydrogen) atoms. The van der Waals surface area contributed by atoms with E-state index in [9.17, 15) is 4.79 Å². The maximum absolute atomic E-state index is 11.7. The van der Waals surface area contributed by atoms with E-state index in [2.05, 4.69) is 10.3 Å². The molecule has 5 heteroatoms. The van der Waals surface area contributed by atoms with Crippen LogP contribution in [-0.2, 0) is 16.0 Å². The van der Waals surface area contributed by atoms with Crippen LogP contribution in [0.25, 0.3) is 0 Å². The molecule has 0 aromatic carbocycles. The third kappa shape index (κ3) is 4.29. The number of nitrogens with zero attached hydrogens (tertiary/aromatic N) is 1. The molecule has 1 aromatic heterocycles. The van der Waals surface area contributed by atoms with E-state index in [0.717, 1.165) is 12.8 Å². The number of hydrogen-bond acceptors (Lipinski definition) is 4. The molecule has 2 rings (SSSR count). The van der Waals surface area contributed by atoms with E-state index in [0.29, 0.717) is 32.1 Å². The highest BCUT2D eigenvalue weighted by atomic mass is 16.5. The Kier molecular flexibility index (Phi) is 5.30. The number of nitrogens with two attached hydrogens (primary N) is 1. The Labute approximate surface area is 113 Å². The molecule has 0 radical (unpaired) electrons. The summed E-state index contributed by atoms with van der Waals surface area (Å²) in [7, 11) is 0. The predicted molar refractivity (Wildman–Crippen MR) is 72.5 cm³/mol. The second-order valence-electron chi connectivity index (χ2n) is 4.92. The van der Waals surface area contributed by atoms with Crippen LogP contribution in [0.2, 0.25) is 0 Å². The van der Waals surface area contributed by atoms with E-state index in [-0.39, 0.29) is 11.9 Å². The first kappa shape index (κ1) is 14.0. The van der Waals surface area contributed by atoms with Gasteiger partial charge in [0.15, 0.2) is 0 Å².